The fourth-order valence-electron chi connectivity index (χ4n) is 3.18. The lowest BCUT2D eigenvalue weighted by Crippen LogP contribution is -2.49. The first kappa shape index (κ1) is 18.8. The third-order valence-corrected chi connectivity index (χ3v) is 5.49. The standard InChI is InChI=1S/C19H25N3O3S/c1-3-25-18(23)16-15(12-22-8-10-26-11-9-22)20-19(24)21-17(16)14-6-4-13(2)5-7-14/h4-7,17H,3,8-12H2,1-2H3,(H2,20,21,24)/t17-/m0/s1. The third-order valence-electron chi connectivity index (χ3n) is 4.55. The minimum atomic E-state index is -0.502. The van der Waals surface area contributed by atoms with E-state index in [0.717, 1.165) is 35.7 Å². The Hall–Kier alpha value is -1.99. The fourth-order valence-corrected chi connectivity index (χ4v) is 4.16. The van der Waals surface area contributed by atoms with Gasteiger partial charge in [-0.3, -0.25) is 4.90 Å². The molecular formula is C19H25N3O3S. The second kappa shape index (κ2) is 8.60. The molecule has 0 spiro atoms. The smallest absolute Gasteiger partial charge is 0.338 e. The van der Waals surface area contributed by atoms with Gasteiger partial charge in [0.2, 0.25) is 0 Å². The minimum Gasteiger partial charge on any atom is -0.463 e. The molecule has 140 valence electrons. The lowest BCUT2D eigenvalue weighted by molar-refractivity contribution is -0.139. The number of thioether (sulfide) groups is 1. The molecule has 2 aliphatic heterocycles. The number of hydrogen-bond donors (Lipinski definition) is 2. The Morgan fingerprint density at radius 3 is 2.62 bits per heavy atom. The van der Waals surface area contributed by atoms with Gasteiger partial charge in [-0.15, -0.1) is 0 Å². The number of carbonyl (C=O) groups is 2. The first-order valence-electron chi connectivity index (χ1n) is 8.93. The third kappa shape index (κ3) is 4.40. The molecule has 2 heterocycles. The van der Waals surface area contributed by atoms with Crippen LogP contribution in [0.1, 0.15) is 24.1 Å². The Balaban J connectivity index is 1.96. The molecule has 1 fully saturated rings. The molecule has 3 rings (SSSR count). The number of esters is 1. The van der Waals surface area contributed by atoms with Crippen molar-refractivity contribution in [3.05, 3.63) is 46.7 Å². The van der Waals surface area contributed by atoms with Crippen LogP contribution in [0.4, 0.5) is 4.79 Å². The molecule has 0 saturated carbocycles. The van der Waals surface area contributed by atoms with Crippen molar-refractivity contribution < 1.29 is 14.3 Å². The normalized spacial score (nSPS) is 21.2. The molecule has 2 amide bonds. The van der Waals surface area contributed by atoms with Crippen LogP contribution in [0.15, 0.2) is 35.5 Å². The zero-order valence-corrected chi connectivity index (χ0v) is 16.0. The summed E-state index contributed by atoms with van der Waals surface area (Å²) < 4.78 is 5.30. The van der Waals surface area contributed by atoms with E-state index in [-0.39, 0.29) is 12.0 Å². The van der Waals surface area contributed by atoms with Gasteiger partial charge in [-0.1, -0.05) is 29.8 Å². The second-order valence-corrected chi connectivity index (χ2v) is 7.67. The van der Waals surface area contributed by atoms with Crippen LogP contribution in [0, 0.1) is 6.92 Å². The Bertz CT molecular complexity index is 696. The van der Waals surface area contributed by atoms with Gasteiger partial charge in [0, 0.05) is 36.8 Å². The maximum Gasteiger partial charge on any atom is 0.338 e. The average molecular weight is 375 g/mol. The molecular weight excluding hydrogens is 350 g/mol. The van der Waals surface area contributed by atoms with E-state index >= 15 is 0 Å². The molecule has 0 radical (unpaired) electrons. The van der Waals surface area contributed by atoms with Crippen molar-refractivity contribution >= 4 is 23.8 Å². The number of nitrogens with zero attached hydrogens (tertiary/aromatic N) is 1. The van der Waals surface area contributed by atoms with Gasteiger partial charge in [0.25, 0.3) is 0 Å². The number of hydrogen-bond acceptors (Lipinski definition) is 5. The van der Waals surface area contributed by atoms with Crippen LogP contribution in [0.25, 0.3) is 0 Å². The van der Waals surface area contributed by atoms with E-state index in [4.69, 9.17) is 4.74 Å². The molecule has 0 bridgehead atoms. The maximum absolute atomic E-state index is 12.7. The Morgan fingerprint density at radius 2 is 1.96 bits per heavy atom. The lowest BCUT2D eigenvalue weighted by atomic mass is 9.94. The molecule has 1 aromatic rings. The van der Waals surface area contributed by atoms with Crippen LogP contribution in [0.2, 0.25) is 0 Å². The van der Waals surface area contributed by atoms with Crippen LogP contribution < -0.4 is 10.6 Å². The molecule has 2 N–H and O–H groups in total. The van der Waals surface area contributed by atoms with E-state index < -0.39 is 6.04 Å². The highest BCUT2D eigenvalue weighted by Crippen LogP contribution is 2.28. The van der Waals surface area contributed by atoms with E-state index in [2.05, 4.69) is 15.5 Å². The molecule has 6 nitrogen and oxygen atoms in total. The molecule has 1 aromatic carbocycles. The van der Waals surface area contributed by atoms with Crippen LogP contribution in [-0.4, -0.2) is 54.6 Å². The van der Waals surface area contributed by atoms with Crippen molar-refractivity contribution in [1.29, 1.82) is 0 Å². The van der Waals surface area contributed by atoms with Crippen molar-refractivity contribution in [2.75, 3.05) is 37.7 Å². The van der Waals surface area contributed by atoms with Gasteiger partial charge in [-0.2, -0.15) is 11.8 Å². The molecule has 0 unspecified atom stereocenters. The van der Waals surface area contributed by atoms with Crippen LogP contribution >= 0.6 is 11.8 Å². The number of urea groups is 1. The first-order valence-corrected chi connectivity index (χ1v) is 10.1. The number of carbonyl (C=O) groups excluding carboxylic acids is 2. The summed E-state index contributed by atoms with van der Waals surface area (Å²) in [6.45, 7) is 6.53. The van der Waals surface area contributed by atoms with Gasteiger partial charge >= 0.3 is 12.0 Å². The van der Waals surface area contributed by atoms with Crippen molar-refractivity contribution in [2.24, 2.45) is 0 Å². The average Bonchev–Trinajstić information content (AvgIpc) is 2.63. The zero-order valence-electron chi connectivity index (χ0n) is 15.2. The van der Waals surface area contributed by atoms with Gasteiger partial charge < -0.3 is 15.4 Å². The molecule has 7 heteroatoms. The van der Waals surface area contributed by atoms with Crippen molar-refractivity contribution in [3.8, 4) is 0 Å². The quantitative estimate of drug-likeness (QED) is 0.772. The topological polar surface area (TPSA) is 70.7 Å². The summed E-state index contributed by atoms with van der Waals surface area (Å²) in [6, 6.07) is 7.06. The fraction of sp³-hybridized carbons (Fsp3) is 0.474. The van der Waals surface area contributed by atoms with Crippen LogP contribution in [0.3, 0.4) is 0 Å². The van der Waals surface area contributed by atoms with Gasteiger partial charge in [0.15, 0.2) is 0 Å². The van der Waals surface area contributed by atoms with E-state index in [1.807, 2.05) is 43.0 Å². The summed E-state index contributed by atoms with van der Waals surface area (Å²) in [5.41, 5.74) is 3.14. The molecule has 26 heavy (non-hydrogen) atoms. The van der Waals surface area contributed by atoms with Gasteiger partial charge in [0.05, 0.1) is 18.2 Å². The molecule has 1 atom stereocenters. The Morgan fingerprint density at radius 1 is 1.27 bits per heavy atom. The number of benzene rings is 1. The van der Waals surface area contributed by atoms with Gasteiger partial charge in [-0.25, -0.2) is 9.59 Å². The van der Waals surface area contributed by atoms with Crippen LogP contribution in [-0.2, 0) is 9.53 Å². The van der Waals surface area contributed by atoms with E-state index in [0.29, 0.717) is 24.4 Å². The maximum atomic E-state index is 12.7. The second-order valence-electron chi connectivity index (χ2n) is 6.44. The number of amides is 2. The Labute approximate surface area is 158 Å². The summed E-state index contributed by atoms with van der Waals surface area (Å²) >= 11 is 1.93. The van der Waals surface area contributed by atoms with E-state index in [1.54, 1.807) is 6.92 Å². The number of aryl methyl sites for hydroxylation is 1. The molecule has 1 saturated heterocycles. The number of ether oxygens (including phenoxy) is 1. The summed E-state index contributed by atoms with van der Waals surface area (Å²) in [6.07, 6.45) is 0. The van der Waals surface area contributed by atoms with Crippen molar-refractivity contribution in [3.63, 3.8) is 0 Å². The van der Waals surface area contributed by atoms with Crippen molar-refractivity contribution in [1.82, 2.24) is 15.5 Å². The first-order chi connectivity index (χ1) is 12.6. The number of rotatable bonds is 5. The summed E-state index contributed by atoms with van der Waals surface area (Å²) in [5.74, 6) is 1.75. The number of nitrogens with one attached hydrogen (secondary N) is 2. The largest absolute Gasteiger partial charge is 0.463 e. The SMILES string of the molecule is CCOC(=O)C1=C(CN2CCSCC2)NC(=O)N[C@H]1c1ccc(C)cc1. The predicted molar refractivity (Wildman–Crippen MR) is 103 cm³/mol. The Kier molecular flexibility index (Phi) is 6.21. The van der Waals surface area contributed by atoms with E-state index in [9.17, 15) is 9.59 Å². The molecule has 2 aliphatic rings. The summed E-state index contributed by atoms with van der Waals surface area (Å²) in [5, 5.41) is 5.72. The highest BCUT2D eigenvalue weighted by Gasteiger charge is 2.34. The highest BCUT2D eigenvalue weighted by molar-refractivity contribution is 7.99. The monoisotopic (exact) mass is 375 g/mol. The lowest BCUT2D eigenvalue weighted by Gasteiger charge is -2.33. The molecule has 0 aliphatic carbocycles. The minimum absolute atomic E-state index is 0.287. The van der Waals surface area contributed by atoms with Gasteiger partial charge in [0.1, 0.15) is 0 Å². The zero-order chi connectivity index (χ0) is 18.5. The molecule has 0 aromatic heterocycles. The summed E-state index contributed by atoms with van der Waals surface area (Å²) in [7, 11) is 0. The highest BCUT2D eigenvalue weighted by atomic mass is 32.2. The van der Waals surface area contributed by atoms with E-state index in [1.165, 1.54) is 0 Å². The van der Waals surface area contributed by atoms with Gasteiger partial charge in [-0.05, 0) is 19.4 Å². The predicted octanol–water partition coefficient (Wildman–Crippen LogP) is 2.21. The van der Waals surface area contributed by atoms with Crippen LogP contribution in [0.5, 0.6) is 0 Å². The van der Waals surface area contributed by atoms with Crippen molar-refractivity contribution in [2.45, 2.75) is 19.9 Å². The summed E-state index contributed by atoms with van der Waals surface area (Å²) in [4.78, 5) is 27.2.